The Morgan fingerprint density at radius 2 is 2.00 bits per heavy atom. The Balaban J connectivity index is 2.30. The summed E-state index contributed by atoms with van der Waals surface area (Å²) in [6, 6.07) is 5.18. The molecule has 1 aliphatic rings. The van der Waals surface area contributed by atoms with Crippen LogP contribution in [0.15, 0.2) is 47.6 Å². The highest BCUT2D eigenvalue weighted by molar-refractivity contribution is 6.33. The van der Waals surface area contributed by atoms with Crippen LogP contribution in [0, 0.1) is 0 Å². The molecule has 0 fully saturated rings. The van der Waals surface area contributed by atoms with Crippen LogP contribution in [-0.2, 0) is 0 Å². The van der Waals surface area contributed by atoms with Gasteiger partial charge in [0.1, 0.15) is 6.04 Å². The Bertz CT molecular complexity index is 941. The average molecular weight is 372 g/mol. The predicted octanol–water partition coefficient (Wildman–Crippen LogP) is 4.55. The smallest absolute Gasteiger partial charge is 0.177 e. The molecular weight excluding hydrogens is 350 g/mol. The van der Waals surface area contributed by atoms with E-state index >= 15 is 0 Å². The Labute approximate surface area is 158 Å². The second-order valence-electron chi connectivity index (χ2n) is 6.10. The third-order valence-corrected chi connectivity index (χ3v) is 5.24. The quantitative estimate of drug-likeness (QED) is 0.828. The number of phenols is 1. The van der Waals surface area contributed by atoms with Crippen molar-refractivity contribution in [1.82, 2.24) is 4.68 Å². The van der Waals surface area contributed by atoms with E-state index in [-0.39, 0.29) is 16.8 Å². The van der Waals surface area contributed by atoms with E-state index in [1.54, 1.807) is 12.1 Å². The number of ether oxygens (including phenoxy) is 1. The summed E-state index contributed by atoms with van der Waals surface area (Å²) in [5.74, 6) is 0.251. The summed E-state index contributed by atoms with van der Waals surface area (Å²) < 4.78 is 7.11. The molecule has 1 aromatic carbocycles. The molecule has 0 saturated heterocycles. The van der Waals surface area contributed by atoms with Crippen molar-refractivity contribution in [1.29, 1.82) is 0 Å². The first-order valence-electron chi connectivity index (χ1n) is 8.27. The Hall–Kier alpha value is -2.66. The molecule has 2 N–H and O–H groups in total. The van der Waals surface area contributed by atoms with E-state index in [0.29, 0.717) is 11.3 Å². The summed E-state index contributed by atoms with van der Waals surface area (Å²) in [5.41, 5.74) is 8.86. The van der Waals surface area contributed by atoms with E-state index in [4.69, 9.17) is 21.3 Å². The summed E-state index contributed by atoms with van der Waals surface area (Å²) >= 11 is 6.47. The lowest BCUT2D eigenvalue weighted by atomic mass is 9.96. The van der Waals surface area contributed by atoms with Crippen LogP contribution in [-0.4, -0.2) is 29.7 Å². The van der Waals surface area contributed by atoms with E-state index in [2.05, 4.69) is 18.9 Å². The maximum Gasteiger partial charge on any atom is 0.177 e. The maximum atomic E-state index is 10.4. The zero-order valence-corrected chi connectivity index (χ0v) is 16.1. The number of hydrogen-bond acceptors (Lipinski definition) is 4. The fourth-order valence-electron chi connectivity index (χ4n) is 3.31. The number of allylic oxidation sites excluding steroid dienone is 3. The molecule has 5 nitrogen and oxygen atoms in total. The molecular formula is C20H22ClN3O2. The third-order valence-electron chi connectivity index (χ3n) is 4.84. The summed E-state index contributed by atoms with van der Waals surface area (Å²) in [6.07, 6.45) is 3.71. The van der Waals surface area contributed by atoms with Crippen molar-refractivity contribution in [2.45, 2.75) is 19.9 Å². The van der Waals surface area contributed by atoms with Crippen LogP contribution in [0.1, 0.15) is 36.7 Å². The molecule has 0 bridgehead atoms. The third kappa shape index (κ3) is 2.69. The highest BCUT2D eigenvalue weighted by Crippen LogP contribution is 2.44. The molecule has 2 heterocycles. The van der Waals surface area contributed by atoms with Gasteiger partial charge in [0, 0.05) is 24.4 Å². The number of aliphatic imine (C=N–C) groups is 1. The lowest BCUT2D eigenvalue weighted by Gasteiger charge is -2.18. The van der Waals surface area contributed by atoms with Gasteiger partial charge in [0.25, 0.3) is 0 Å². The van der Waals surface area contributed by atoms with Crippen molar-refractivity contribution < 1.29 is 9.84 Å². The van der Waals surface area contributed by atoms with Crippen LogP contribution in [0.4, 0.5) is 0 Å². The summed E-state index contributed by atoms with van der Waals surface area (Å²) in [7, 11) is 3.36. The standard InChI is InChI=1S/C20H22ClN3O2/c1-6-15-11(2)12(3)19-14(9-10-24(19)22-4)18(23-15)13-7-8-16(26-5)20(25)17(13)21/h6-10,18,22,25H,1H2,2-5H3. The molecule has 0 radical (unpaired) electrons. The van der Waals surface area contributed by atoms with Crippen LogP contribution in [0.5, 0.6) is 11.5 Å². The first-order valence-corrected chi connectivity index (χ1v) is 8.65. The van der Waals surface area contributed by atoms with E-state index in [9.17, 15) is 5.11 Å². The van der Waals surface area contributed by atoms with E-state index in [1.165, 1.54) is 7.11 Å². The molecule has 0 saturated carbocycles. The van der Waals surface area contributed by atoms with Crippen LogP contribution < -0.4 is 10.2 Å². The van der Waals surface area contributed by atoms with Crippen molar-refractivity contribution in [3.05, 3.63) is 64.5 Å². The highest BCUT2D eigenvalue weighted by atomic mass is 35.5. The van der Waals surface area contributed by atoms with E-state index in [0.717, 1.165) is 28.1 Å². The van der Waals surface area contributed by atoms with Crippen molar-refractivity contribution in [3.8, 4) is 11.5 Å². The first kappa shape index (κ1) is 18.1. The van der Waals surface area contributed by atoms with Gasteiger partial charge in [0.15, 0.2) is 11.5 Å². The molecule has 2 aromatic rings. The summed E-state index contributed by atoms with van der Waals surface area (Å²) in [5, 5.41) is 10.6. The number of rotatable bonds is 4. The molecule has 3 rings (SSSR count). The number of aromatic hydroxyl groups is 1. The molecule has 26 heavy (non-hydrogen) atoms. The van der Waals surface area contributed by atoms with Gasteiger partial charge < -0.3 is 15.3 Å². The number of methoxy groups -OCH3 is 1. The zero-order valence-electron chi connectivity index (χ0n) is 15.3. The summed E-state index contributed by atoms with van der Waals surface area (Å²) in [4.78, 5) is 4.91. The van der Waals surface area contributed by atoms with Gasteiger partial charge in [-0.15, -0.1) is 0 Å². The van der Waals surface area contributed by atoms with Gasteiger partial charge in [-0.3, -0.25) is 9.67 Å². The van der Waals surface area contributed by atoms with Gasteiger partial charge >= 0.3 is 0 Å². The molecule has 1 aliphatic heterocycles. The number of phenolic OH excluding ortho intramolecular Hbond substituents is 1. The lowest BCUT2D eigenvalue weighted by molar-refractivity contribution is 0.373. The molecule has 0 amide bonds. The number of hydrogen-bond donors (Lipinski definition) is 2. The number of halogens is 1. The van der Waals surface area contributed by atoms with Crippen molar-refractivity contribution in [2.75, 3.05) is 19.6 Å². The van der Waals surface area contributed by atoms with Gasteiger partial charge in [-0.2, -0.15) is 0 Å². The van der Waals surface area contributed by atoms with Gasteiger partial charge in [-0.1, -0.05) is 24.2 Å². The number of nitrogens with one attached hydrogen (secondary N) is 1. The largest absolute Gasteiger partial charge is 0.503 e. The minimum Gasteiger partial charge on any atom is -0.503 e. The maximum absolute atomic E-state index is 10.4. The topological polar surface area (TPSA) is 58.8 Å². The van der Waals surface area contributed by atoms with Crippen LogP contribution >= 0.6 is 11.6 Å². The molecule has 6 heteroatoms. The minimum absolute atomic E-state index is 0.0812. The number of fused-ring (bicyclic) bond motifs is 1. The van der Waals surface area contributed by atoms with Crippen molar-refractivity contribution in [3.63, 3.8) is 0 Å². The predicted molar refractivity (Wildman–Crippen MR) is 107 cm³/mol. The van der Waals surface area contributed by atoms with Gasteiger partial charge in [-0.25, -0.2) is 0 Å². The molecule has 0 aliphatic carbocycles. The van der Waals surface area contributed by atoms with Crippen LogP contribution in [0.3, 0.4) is 0 Å². The highest BCUT2D eigenvalue weighted by Gasteiger charge is 2.28. The van der Waals surface area contributed by atoms with Gasteiger partial charge in [-0.05, 0) is 43.2 Å². The van der Waals surface area contributed by atoms with E-state index in [1.807, 2.05) is 37.0 Å². The zero-order chi connectivity index (χ0) is 19.0. The summed E-state index contributed by atoms with van der Waals surface area (Å²) in [6.45, 7) is 8.00. The normalized spacial score (nSPS) is 16.7. The van der Waals surface area contributed by atoms with Gasteiger partial charge in [0.05, 0.1) is 23.5 Å². The second kappa shape index (κ2) is 6.92. The molecule has 1 atom stereocenters. The average Bonchev–Trinajstić information content (AvgIpc) is 3.04. The fourth-order valence-corrected chi connectivity index (χ4v) is 3.57. The SMILES string of the molecule is C=CC1=NC(c2ccc(OC)c(O)c2Cl)c2ccn(NC)c2C(C)=C1C. The number of aromatic nitrogens is 1. The van der Waals surface area contributed by atoms with Crippen LogP contribution in [0.2, 0.25) is 5.02 Å². The molecule has 1 aromatic heterocycles. The molecule has 136 valence electrons. The Kier molecular flexibility index (Phi) is 4.83. The van der Waals surface area contributed by atoms with Crippen molar-refractivity contribution >= 4 is 22.9 Å². The van der Waals surface area contributed by atoms with Crippen molar-refractivity contribution in [2.24, 2.45) is 4.99 Å². The lowest BCUT2D eigenvalue weighted by Crippen LogP contribution is -2.12. The van der Waals surface area contributed by atoms with Gasteiger partial charge in [0.2, 0.25) is 0 Å². The Morgan fingerprint density at radius 1 is 1.27 bits per heavy atom. The monoisotopic (exact) mass is 371 g/mol. The second-order valence-corrected chi connectivity index (χ2v) is 6.48. The molecule has 1 unspecified atom stereocenters. The Morgan fingerprint density at radius 3 is 2.62 bits per heavy atom. The number of benzene rings is 1. The minimum atomic E-state index is -0.371. The fraction of sp³-hybridized carbons (Fsp3) is 0.250. The molecule has 0 spiro atoms. The van der Waals surface area contributed by atoms with Crippen LogP contribution in [0.25, 0.3) is 5.57 Å². The first-order chi connectivity index (χ1) is 12.4. The van der Waals surface area contributed by atoms with E-state index < -0.39 is 0 Å². The number of nitrogens with zero attached hydrogens (tertiary/aromatic N) is 2.